The van der Waals surface area contributed by atoms with Gasteiger partial charge in [0.25, 0.3) is 11.5 Å². The molecule has 0 atom stereocenters. The number of primary amides is 1. The van der Waals surface area contributed by atoms with Crippen LogP contribution in [0.2, 0.25) is 5.02 Å². The SMILES string of the molecule is [B]c1ccc(Nc2c(C(N)=O)cn(C)c(=O)c2Cl)c(F)c1. The molecule has 1 aromatic heterocycles. The number of hydrogen-bond donors (Lipinski definition) is 2. The maximum absolute atomic E-state index is 13.8. The number of rotatable bonds is 3. The van der Waals surface area contributed by atoms with Crippen molar-refractivity contribution in [1.29, 1.82) is 0 Å². The summed E-state index contributed by atoms with van der Waals surface area (Å²) in [5.41, 5.74) is 4.89. The fourth-order valence-corrected chi connectivity index (χ4v) is 2.06. The fraction of sp³-hybridized carbons (Fsp3) is 0.0769. The van der Waals surface area contributed by atoms with E-state index >= 15 is 0 Å². The molecule has 0 aliphatic rings. The van der Waals surface area contributed by atoms with Crippen molar-refractivity contribution in [3.63, 3.8) is 0 Å². The Morgan fingerprint density at radius 1 is 1.48 bits per heavy atom. The molecule has 3 N–H and O–H groups in total. The van der Waals surface area contributed by atoms with E-state index in [1.807, 2.05) is 0 Å². The number of nitrogens with two attached hydrogens (primary N) is 1. The van der Waals surface area contributed by atoms with Crippen molar-refractivity contribution in [3.05, 3.63) is 51.2 Å². The van der Waals surface area contributed by atoms with Crippen LogP contribution >= 0.6 is 11.6 Å². The Morgan fingerprint density at radius 2 is 2.14 bits per heavy atom. The number of carbonyl (C=O) groups is 1. The van der Waals surface area contributed by atoms with E-state index in [4.69, 9.17) is 25.2 Å². The van der Waals surface area contributed by atoms with Crippen LogP contribution in [-0.2, 0) is 7.05 Å². The highest BCUT2D eigenvalue weighted by molar-refractivity contribution is 6.34. The standard InChI is InChI=1S/C13H10BClFN3O2/c1-19-5-7(12(17)20)11(10(15)13(19)21)18-9-3-2-6(14)4-8(9)16/h2-5,18H,1H3,(H2,17,20). The summed E-state index contributed by atoms with van der Waals surface area (Å²) in [4.78, 5) is 23.3. The van der Waals surface area contributed by atoms with Crippen LogP contribution in [0.4, 0.5) is 15.8 Å². The maximum atomic E-state index is 13.8. The minimum absolute atomic E-state index is 0.0156. The highest BCUT2D eigenvalue weighted by Crippen LogP contribution is 2.27. The Morgan fingerprint density at radius 3 is 2.71 bits per heavy atom. The first-order valence-electron chi connectivity index (χ1n) is 5.82. The van der Waals surface area contributed by atoms with E-state index in [9.17, 15) is 14.0 Å². The smallest absolute Gasteiger partial charge is 0.271 e. The van der Waals surface area contributed by atoms with Gasteiger partial charge in [0.1, 0.15) is 18.7 Å². The molecule has 1 aromatic carbocycles. The second-order valence-corrected chi connectivity index (χ2v) is 4.75. The van der Waals surface area contributed by atoms with Gasteiger partial charge in [0.15, 0.2) is 0 Å². The molecule has 5 nitrogen and oxygen atoms in total. The number of pyridine rings is 1. The Labute approximate surface area is 125 Å². The molecule has 0 bridgehead atoms. The molecule has 2 rings (SSSR count). The summed E-state index contributed by atoms with van der Waals surface area (Å²) in [7, 11) is 6.88. The van der Waals surface area contributed by atoms with E-state index in [1.165, 1.54) is 25.4 Å². The number of amides is 1. The molecule has 0 saturated carbocycles. The zero-order valence-corrected chi connectivity index (χ0v) is 11.7. The molecule has 0 spiro atoms. The molecular formula is C13H10BClFN3O2. The molecule has 2 radical (unpaired) electrons. The molecular weight excluding hydrogens is 295 g/mol. The first kappa shape index (κ1) is 15.1. The number of carbonyl (C=O) groups excluding carboxylic acids is 1. The second kappa shape index (κ2) is 5.61. The Hall–Kier alpha value is -2.28. The third-order valence-electron chi connectivity index (χ3n) is 2.84. The highest BCUT2D eigenvalue weighted by Gasteiger charge is 2.18. The van der Waals surface area contributed by atoms with Gasteiger partial charge < -0.3 is 15.6 Å². The Bertz CT molecular complexity index is 792. The number of benzene rings is 1. The first-order valence-corrected chi connectivity index (χ1v) is 6.20. The summed E-state index contributed by atoms with van der Waals surface area (Å²) in [6.07, 6.45) is 1.23. The van der Waals surface area contributed by atoms with Crippen LogP contribution in [0.25, 0.3) is 0 Å². The van der Waals surface area contributed by atoms with Gasteiger partial charge in [-0.3, -0.25) is 9.59 Å². The fourth-order valence-electron chi connectivity index (χ4n) is 1.77. The summed E-state index contributed by atoms with van der Waals surface area (Å²) < 4.78 is 14.9. The van der Waals surface area contributed by atoms with Crippen LogP contribution in [0.1, 0.15) is 10.4 Å². The third-order valence-corrected chi connectivity index (χ3v) is 3.19. The predicted octanol–water partition coefficient (Wildman–Crippen LogP) is 0.814. The van der Waals surface area contributed by atoms with Gasteiger partial charge >= 0.3 is 0 Å². The van der Waals surface area contributed by atoms with Crippen molar-refractivity contribution >= 4 is 42.2 Å². The van der Waals surface area contributed by atoms with Crippen molar-refractivity contribution < 1.29 is 9.18 Å². The molecule has 0 saturated heterocycles. The minimum Gasteiger partial charge on any atom is -0.365 e. The van der Waals surface area contributed by atoms with Crippen LogP contribution in [0.15, 0.2) is 29.2 Å². The summed E-state index contributed by atoms with van der Waals surface area (Å²) in [5.74, 6) is -1.45. The van der Waals surface area contributed by atoms with Gasteiger partial charge in [0.2, 0.25) is 0 Å². The third kappa shape index (κ3) is 2.92. The van der Waals surface area contributed by atoms with E-state index in [2.05, 4.69) is 5.32 Å². The molecule has 106 valence electrons. The first-order chi connectivity index (χ1) is 9.81. The Balaban J connectivity index is 2.60. The van der Waals surface area contributed by atoms with E-state index < -0.39 is 17.3 Å². The second-order valence-electron chi connectivity index (χ2n) is 4.38. The topological polar surface area (TPSA) is 77.1 Å². The molecule has 0 aliphatic carbocycles. The van der Waals surface area contributed by atoms with Crippen molar-refractivity contribution in [2.24, 2.45) is 12.8 Å². The number of aromatic nitrogens is 1. The minimum atomic E-state index is -0.800. The number of halogens is 2. The maximum Gasteiger partial charge on any atom is 0.271 e. The lowest BCUT2D eigenvalue weighted by atomic mass is 9.96. The Kier molecular flexibility index (Phi) is 4.04. The van der Waals surface area contributed by atoms with Gasteiger partial charge in [-0.1, -0.05) is 23.1 Å². The summed E-state index contributed by atoms with van der Waals surface area (Å²) >= 11 is 5.93. The van der Waals surface area contributed by atoms with Crippen molar-refractivity contribution in [2.45, 2.75) is 0 Å². The summed E-state index contributed by atoms with van der Waals surface area (Å²) in [5, 5.41) is 2.35. The van der Waals surface area contributed by atoms with Crippen LogP contribution in [-0.4, -0.2) is 18.3 Å². The lowest BCUT2D eigenvalue weighted by molar-refractivity contribution is 0.100. The number of nitrogens with zero attached hydrogens (tertiary/aromatic N) is 1. The monoisotopic (exact) mass is 305 g/mol. The molecule has 2 aromatic rings. The molecule has 1 heterocycles. The molecule has 0 fully saturated rings. The molecule has 21 heavy (non-hydrogen) atoms. The average molecular weight is 306 g/mol. The molecule has 8 heteroatoms. The quantitative estimate of drug-likeness (QED) is 0.824. The lowest BCUT2D eigenvalue weighted by Gasteiger charge is -2.14. The predicted molar refractivity (Wildman–Crippen MR) is 80.3 cm³/mol. The van der Waals surface area contributed by atoms with Crippen molar-refractivity contribution in [1.82, 2.24) is 4.57 Å². The van der Waals surface area contributed by atoms with Crippen molar-refractivity contribution in [3.8, 4) is 0 Å². The van der Waals surface area contributed by atoms with E-state index in [0.717, 1.165) is 10.6 Å². The lowest BCUT2D eigenvalue weighted by Crippen LogP contribution is -2.23. The number of nitrogens with one attached hydrogen (secondary N) is 1. The number of anilines is 2. The van der Waals surface area contributed by atoms with Gasteiger partial charge in [-0.05, 0) is 12.1 Å². The van der Waals surface area contributed by atoms with Crippen LogP contribution in [0, 0.1) is 5.82 Å². The van der Waals surface area contributed by atoms with Gasteiger partial charge in [0.05, 0.1) is 16.9 Å². The van der Waals surface area contributed by atoms with Crippen LogP contribution in [0.3, 0.4) is 0 Å². The van der Waals surface area contributed by atoms with Crippen LogP contribution < -0.4 is 22.1 Å². The number of hydrogen-bond acceptors (Lipinski definition) is 3. The van der Waals surface area contributed by atoms with E-state index in [1.54, 1.807) is 0 Å². The largest absolute Gasteiger partial charge is 0.365 e. The van der Waals surface area contributed by atoms with Crippen molar-refractivity contribution in [2.75, 3.05) is 5.32 Å². The molecule has 0 unspecified atom stereocenters. The zero-order valence-electron chi connectivity index (χ0n) is 11.0. The van der Waals surface area contributed by atoms with Gasteiger partial charge in [-0.15, -0.1) is 0 Å². The number of aryl methyl sites for hydroxylation is 1. The molecule has 1 amide bonds. The van der Waals surface area contributed by atoms with Gasteiger partial charge in [-0.2, -0.15) is 0 Å². The van der Waals surface area contributed by atoms with Crippen LogP contribution in [0.5, 0.6) is 0 Å². The highest BCUT2D eigenvalue weighted by atomic mass is 35.5. The van der Waals surface area contributed by atoms with Gasteiger partial charge in [0, 0.05) is 13.2 Å². The van der Waals surface area contributed by atoms with E-state index in [-0.39, 0.29) is 27.4 Å². The normalized spacial score (nSPS) is 10.4. The summed E-state index contributed by atoms with van der Waals surface area (Å²) in [6, 6.07) is 3.93. The zero-order chi connectivity index (χ0) is 15.7. The van der Waals surface area contributed by atoms with E-state index in [0.29, 0.717) is 0 Å². The van der Waals surface area contributed by atoms with Gasteiger partial charge in [-0.25, -0.2) is 4.39 Å². The average Bonchev–Trinajstić information content (AvgIpc) is 2.41. The summed E-state index contributed by atoms with van der Waals surface area (Å²) in [6.45, 7) is 0. The molecule has 0 aliphatic heterocycles.